The van der Waals surface area contributed by atoms with Gasteiger partial charge in [0.2, 0.25) is 0 Å². The highest BCUT2D eigenvalue weighted by Crippen LogP contribution is 2.32. The van der Waals surface area contributed by atoms with Gasteiger partial charge < -0.3 is 19.4 Å². The molecule has 1 N–H and O–H groups in total. The minimum absolute atomic E-state index is 0.378. The van der Waals surface area contributed by atoms with Crippen molar-refractivity contribution in [3.05, 3.63) is 12.0 Å². The first-order valence-corrected chi connectivity index (χ1v) is 6.36. The number of oxazole rings is 1. The van der Waals surface area contributed by atoms with Crippen molar-refractivity contribution in [1.82, 2.24) is 10.3 Å². The zero-order valence-electron chi connectivity index (χ0n) is 10.2. The second kappa shape index (κ2) is 4.66. The first-order chi connectivity index (χ1) is 8.38. The van der Waals surface area contributed by atoms with Crippen LogP contribution in [0.3, 0.4) is 0 Å². The molecular weight excluding hydrogens is 218 g/mol. The Morgan fingerprint density at radius 2 is 2.47 bits per heavy atom. The Morgan fingerprint density at radius 3 is 3.35 bits per heavy atom. The van der Waals surface area contributed by atoms with Gasteiger partial charge in [-0.3, -0.25) is 0 Å². The van der Waals surface area contributed by atoms with Crippen molar-refractivity contribution in [3.8, 4) is 0 Å². The molecule has 2 atom stereocenters. The number of rotatable bonds is 3. The fourth-order valence-corrected chi connectivity index (χ4v) is 2.85. The molecule has 2 unspecified atom stereocenters. The van der Waals surface area contributed by atoms with Gasteiger partial charge in [-0.2, -0.15) is 4.98 Å². The summed E-state index contributed by atoms with van der Waals surface area (Å²) in [7, 11) is 1.91. The maximum Gasteiger partial charge on any atom is 0.297 e. The molecule has 2 fully saturated rings. The number of morpholine rings is 1. The van der Waals surface area contributed by atoms with E-state index in [4.69, 9.17) is 9.15 Å². The van der Waals surface area contributed by atoms with Gasteiger partial charge >= 0.3 is 0 Å². The molecule has 1 saturated carbocycles. The van der Waals surface area contributed by atoms with Gasteiger partial charge in [0.05, 0.1) is 24.4 Å². The van der Waals surface area contributed by atoms with Crippen molar-refractivity contribution < 1.29 is 9.15 Å². The number of anilines is 1. The molecule has 1 aliphatic heterocycles. The highest BCUT2D eigenvalue weighted by atomic mass is 16.5. The number of nitrogens with one attached hydrogen (secondary N) is 1. The summed E-state index contributed by atoms with van der Waals surface area (Å²) in [6.07, 6.45) is 5.73. The lowest BCUT2D eigenvalue weighted by molar-refractivity contribution is 0.0236. The molecule has 1 aromatic rings. The van der Waals surface area contributed by atoms with Gasteiger partial charge in [-0.05, 0) is 26.3 Å². The number of ether oxygens (including phenoxy) is 1. The van der Waals surface area contributed by atoms with Gasteiger partial charge in [-0.1, -0.05) is 0 Å². The van der Waals surface area contributed by atoms with Crippen LogP contribution < -0.4 is 10.2 Å². The summed E-state index contributed by atoms with van der Waals surface area (Å²) < 4.78 is 11.4. The molecule has 17 heavy (non-hydrogen) atoms. The fraction of sp³-hybridized carbons (Fsp3) is 0.750. The molecule has 94 valence electrons. The van der Waals surface area contributed by atoms with Crippen molar-refractivity contribution in [2.45, 2.75) is 38.0 Å². The molecule has 1 saturated heterocycles. The predicted octanol–water partition coefficient (Wildman–Crippen LogP) is 1.15. The van der Waals surface area contributed by atoms with Crippen molar-refractivity contribution in [1.29, 1.82) is 0 Å². The monoisotopic (exact) mass is 237 g/mol. The van der Waals surface area contributed by atoms with E-state index in [9.17, 15) is 0 Å². The van der Waals surface area contributed by atoms with E-state index in [1.165, 1.54) is 19.3 Å². The Balaban J connectivity index is 1.77. The zero-order chi connectivity index (χ0) is 11.7. The summed E-state index contributed by atoms with van der Waals surface area (Å²) in [5.74, 6) is 0. The number of fused-ring (bicyclic) bond motifs is 1. The molecule has 0 aromatic carbocycles. The van der Waals surface area contributed by atoms with E-state index in [0.717, 1.165) is 31.4 Å². The molecule has 5 heteroatoms. The fourth-order valence-electron chi connectivity index (χ4n) is 2.85. The van der Waals surface area contributed by atoms with Gasteiger partial charge in [-0.15, -0.1) is 0 Å². The molecule has 1 aliphatic carbocycles. The van der Waals surface area contributed by atoms with Crippen molar-refractivity contribution in [2.24, 2.45) is 0 Å². The topological polar surface area (TPSA) is 50.5 Å². The number of hydrogen-bond donors (Lipinski definition) is 1. The minimum Gasteiger partial charge on any atom is -0.432 e. The Hall–Kier alpha value is -1.07. The standard InChI is InChI=1S/C12H19N3O2/c1-13-7-9-8-17-12(14-9)15-5-6-16-11-4-2-3-10(11)15/h8,10-11,13H,2-7H2,1H3. The molecule has 0 amide bonds. The molecular formula is C12H19N3O2. The van der Waals surface area contributed by atoms with E-state index < -0.39 is 0 Å². The summed E-state index contributed by atoms with van der Waals surface area (Å²) in [5, 5.41) is 3.08. The van der Waals surface area contributed by atoms with E-state index >= 15 is 0 Å². The van der Waals surface area contributed by atoms with E-state index in [1.807, 2.05) is 7.05 Å². The second-order valence-electron chi connectivity index (χ2n) is 4.75. The lowest BCUT2D eigenvalue weighted by Gasteiger charge is -2.36. The Bertz CT molecular complexity index is 380. The lowest BCUT2D eigenvalue weighted by atomic mass is 10.1. The normalized spacial score (nSPS) is 28.4. The van der Waals surface area contributed by atoms with Crippen LogP contribution in [0.1, 0.15) is 25.0 Å². The molecule has 0 radical (unpaired) electrons. The van der Waals surface area contributed by atoms with Crippen molar-refractivity contribution in [2.75, 3.05) is 25.1 Å². The van der Waals surface area contributed by atoms with Crippen LogP contribution in [0.2, 0.25) is 0 Å². The smallest absolute Gasteiger partial charge is 0.297 e. The molecule has 2 aliphatic rings. The molecule has 1 aromatic heterocycles. The van der Waals surface area contributed by atoms with Crippen LogP contribution in [0.4, 0.5) is 6.01 Å². The van der Waals surface area contributed by atoms with Crippen molar-refractivity contribution in [3.63, 3.8) is 0 Å². The molecule has 5 nitrogen and oxygen atoms in total. The average molecular weight is 237 g/mol. The number of hydrogen-bond acceptors (Lipinski definition) is 5. The summed E-state index contributed by atoms with van der Waals surface area (Å²) in [6, 6.07) is 1.22. The lowest BCUT2D eigenvalue weighted by Crippen LogP contribution is -2.48. The number of nitrogens with zero attached hydrogens (tertiary/aromatic N) is 2. The van der Waals surface area contributed by atoms with E-state index in [1.54, 1.807) is 6.26 Å². The molecule has 0 spiro atoms. The van der Waals surface area contributed by atoms with Gasteiger partial charge in [0.15, 0.2) is 0 Å². The molecule has 2 heterocycles. The molecule has 3 rings (SSSR count). The largest absolute Gasteiger partial charge is 0.432 e. The van der Waals surface area contributed by atoms with Crippen LogP contribution in [-0.4, -0.2) is 37.3 Å². The van der Waals surface area contributed by atoms with Gasteiger partial charge in [0.1, 0.15) is 6.26 Å². The quantitative estimate of drug-likeness (QED) is 0.854. The first kappa shape index (κ1) is 11.0. The van der Waals surface area contributed by atoms with Crippen LogP contribution in [0.5, 0.6) is 0 Å². The third-order valence-electron chi connectivity index (χ3n) is 3.63. The third-order valence-corrected chi connectivity index (χ3v) is 3.63. The highest BCUT2D eigenvalue weighted by molar-refractivity contribution is 5.31. The SMILES string of the molecule is CNCc1coc(N2CCOC3CCCC32)n1. The first-order valence-electron chi connectivity index (χ1n) is 6.36. The summed E-state index contributed by atoms with van der Waals surface area (Å²) in [5.41, 5.74) is 0.962. The van der Waals surface area contributed by atoms with Crippen LogP contribution in [0.25, 0.3) is 0 Å². The summed E-state index contributed by atoms with van der Waals surface area (Å²) in [6.45, 7) is 2.42. The maximum atomic E-state index is 5.78. The summed E-state index contributed by atoms with van der Waals surface area (Å²) >= 11 is 0. The minimum atomic E-state index is 0.378. The van der Waals surface area contributed by atoms with Gasteiger partial charge in [0.25, 0.3) is 6.01 Å². The van der Waals surface area contributed by atoms with Crippen LogP contribution in [-0.2, 0) is 11.3 Å². The van der Waals surface area contributed by atoms with E-state index in [0.29, 0.717) is 12.1 Å². The molecule has 0 bridgehead atoms. The zero-order valence-corrected chi connectivity index (χ0v) is 10.2. The van der Waals surface area contributed by atoms with E-state index in [2.05, 4.69) is 15.2 Å². The number of aromatic nitrogens is 1. The predicted molar refractivity (Wildman–Crippen MR) is 64.0 cm³/mol. The average Bonchev–Trinajstić information content (AvgIpc) is 2.96. The van der Waals surface area contributed by atoms with E-state index in [-0.39, 0.29) is 0 Å². The van der Waals surface area contributed by atoms with Gasteiger partial charge in [-0.25, -0.2) is 0 Å². The van der Waals surface area contributed by atoms with Gasteiger partial charge in [0, 0.05) is 13.1 Å². The summed E-state index contributed by atoms with van der Waals surface area (Å²) in [4.78, 5) is 6.80. The van der Waals surface area contributed by atoms with Crippen molar-refractivity contribution >= 4 is 6.01 Å². The van der Waals surface area contributed by atoms with Crippen LogP contribution >= 0.6 is 0 Å². The highest BCUT2D eigenvalue weighted by Gasteiger charge is 2.37. The Morgan fingerprint density at radius 1 is 1.53 bits per heavy atom. The Labute approximate surface area is 101 Å². The maximum absolute atomic E-state index is 5.78. The van der Waals surface area contributed by atoms with Crippen LogP contribution in [0, 0.1) is 0 Å². The van der Waals surface area contributed by atoms with Crippen LogP contribution in [0.15, 0.2) is 10.7 Å². The Kier molecular flexibility index (Phi) is 3.03. The third kappa shape index (κ3) is 2.05. The second-order valence-corrected chi connectivity index (χ2v) is 4.75.